The van der Waals surface area contributed by atoms with E-state index < -0.39 is 17.2 Å². The van der Waals surface area contributed by atoms with Crippen LogP contribution in [-0.4, -0.2) is 25.2 Å². The largest absolute Gasteiger partial charge is 0.416 e. The average Bonchev–Trinajstić information content (AvgIpc) is 3.34. The van der Waals surface area contributed by atoms with Gasteiger partial charge in [-0.05, 0) is 37.0 Å². The van der Waals surface area contributed by atoms with Crippen molar-refractivity contribution in [2.75, 3.05) is 13.2 Å². The molecule has 1 saturated heterocycles. The van der Waals surface area contributed by atoms with Crippen molar-refractivity contribution in [3.8, 4) is 6.07 Å². The quantitative estimate of drug-likeness (QED) is 0.922. The predicted octanol–water partition coefficient (Wildman–Crippen LogP) is 3.00. The van der Waals surface area contributed by atoms with Crippen molar-refractivity contribution >= 4 is 5.91 Å². The number of ether oxygens (including phenoxy) is 1. The minimum atomic E-state index is -4.35. The molecule has 2 fully saturated rings. The Morgan fingerprint density at radius 2 is 1.88 bits per heavy atom. The fraction of sp³-hybridized carbons (Fsp3) is 0.529. The topological polar surface area (TPSA) is 62.1 Å². The van der Waals surface area contributed by atoms with E-state index in [1.807, 2.05) is 0 Å². The Labute approximate surface area is 137 Å². The van der Waals surface area contributed by atoms with Gasteiger partial charge in [0.2, 0.25) is 5.91 Å². The van der Waals surface area contributed by atoms with Crippen molar-refractivity contribution in [3.63, 3.8) is 0 Å². The molecular weight excluding hydrogens is 321 g/mol. The van der Waals surface area contributed by atoms with Gasteiger partial charge in [-0.2, -0.15) is 18.4 Å². The molecule has 0 aromatic heterocycles. The van der Waals surface area contributed by atoms with E-state index in [1.165, 1.54) is 12.1 Å². The number of hydrogen-bond donors (Lipinski definition) is 1. The van der Waals surface area contributed by atoms with Crippen LogP contribution in [0.1, 0.15) is 36.3 Å². The molecule has 2 aliphatic rings. The van der Waals surface area contributed by atoms with Gasteiger partial charge >= 0.3 is 6.18 Å². The summed E-state index contributed by atoms with van der Waals surface area (Å²) in [6.45, 7) is 0.766. The second kappa shape index (κ2) is 6.10. The number of nitrogens with zero attached hydrogens (tertiary/aromatic N) is 1. The van der Waals surface area contributed by atoms with Gasteiger partial charge < -0.3 is 10.1 Å². The van der Waals surface area contributed by atoms with Crippen LogP contribution in [0.25, 0.3) is 0 Å². The summed E-state index contributed by atoms with van der Waals surface area (Å²) in [5.74, 6) is -0.292. The molecule has 1 amide bonds. The van der Waals surface area contributed by atoms with Crippen molar-refractivity contribution in [2.24, 2.45) is 5.41 Å². The highest BCUT2D eigenvalue weighted by atomic mass is 19.4. The van der Waals surface area contributed by atoms with E-state index >= 15 is 0 Å². The molecule has 128 valence electrons. The van der Waals surface area contributed by atoms with Crippen LogP contribution < -0.4 is 5.32 Å². The molecule has 1 saturated carbocycles. The number of alkyl halides is 3. The molecule has 4 nitrogen and oxygen atoms in total. The van der Waals surface area contributed by atoms with Gasteiger partial charge in [-0.25, -0.2) is 0 Å². The summed E-state index contributed by atoms with van der Waals surface area (Å²) in [5.41, 5.74) is -0.963. The molecule has 1 aliphatic carbocycles. The van der Waals surface area contributed by atoms with E-state index in [0.717, 1.165) is 17.7 Å². The molecule has 7 heteroatoms. The maximum absolute atomic E-state index is 12.6. The first-order chi connectivity index (χ1) is 11.4. The zero-order chi connectivity index (χ0) is 17.4. The number of nitriles is 1. The third kappa shape index (κ3) is 3.24. The number of hydrogen-bond acceptors (Lipinski definition) is 3. The van der Waals surface area contributed by atoms with E-state index in [2.05, 4.69) is 11.4 Å². The molecule has 1 aromatic carbocycles. The molecule has 0 radical (unpaired) electrons. The Morgan fingerprint density at radius 1 is 1.25 bits per heavy atom. The molecule has 0 bridgehead atoms. The predicted molar refractivity (Wildman–Crippen MR) is 78.8 cm³/mol. The highest BCUT2D eigenvalue weighted by Crippen LogP contribution is 2.43. The Kier molecular flexibility index (Phi) is 4.26. The van der Waals surface area contributed by atoms with Gasteiger partial charge in [-0.3, -0.25) is 4.79 Å². The zero-order valence-electron chi connectivity index (χ0n) is 12.9. The Bertz CT molecular complexity index is 658. The standard InChI is InChI=1S/C17H17F3N2O2/c18-17(19,20)12-3-1-11(2-4-12)13-9-14(13)22-15(23)16(10-21)5-7-24-8-6-16/h1-4,13-14H,5-9H2,(H,22,23)/t13-,14+/m0/s1. The van der Waals surface area contributed by atoms with Crippen LogP contribution in [0.3, 0.4) is 0 Å². The Balaban J connectivity index is 1.61. The van der Waals surface area contributed by atoms with Crippen molar-refractivity contribution in [1.29, 1.82) is 5.26 Å². The Hall–Kier alpha value is -2.07. The summed E-state index contributed by atoms with van der Waals surface area (Å²) in [4.78, 5) is 12.4. The monoisotopic (exact) mass is 338 g/mol. The van der Waals surface area contributed by atoms with Crippen molar-refractivity contribution < 1.29 is 22.7 Å². The molecule has 0 spiro atoms. The number of amides is 1. The highest BCUT2D eigenvalue weighted by molar-refractivity contribution is 5.86. The molecule has 1 N–H and O–H groups in total. The lowest BCUT2D eigenvalue weighted by molar-refractivity contribution is -0.137. The van der Waals surface area contributed by atoms with Crippen LogP contribution in [0.4, 0.5) is 13.2 Å². The third-order valence-electron chi connectivity index (χ3n) is 4.77. The summed E-state index contributed by atoms with van der Waals surface area (Å²) in [6, 6.07) is 7.01. The van der Waals surface area contributed by atoms with Crippen LogP contribution in [0.15, 0.2) is 24.3 Å². The minimum absolute atomic E-state index is 0.00631. The lowest BCUT2D eigenvalue weighted by Crippen LogP contribution is -2.44. The molecule has 3 rings (SSSR count). The molecule has 1 aromatic rings. The van der Waals surface area contributed by atoms with E-state index in [1.54, 1.807) is 0 Å². The number of carbonyl (C=O) groups excluding carboxylic acids is 1. The van der Waals surface area contributed by atoms with E-state index in [0.29, 0.717) is 32.5 Å². The second-order valence-corrected chi connectivity index (χ2v) is 6.35. The normalized spacial score (nSPS) is 25.6. The van der Waals surface area contributed by atoms with Crippen LogP contribution in [-0.2, 0) is 15.7 Å². The van der Waals surface area contributed by atoms with Gasteiger partial charge in [0, 0.05) is 25.2 Å². The first-order valence-corrected chi connectivity index (χ1v) is 7.83. The number of benzene rings is 1. The number of rotatable bonds is 3. The van der Waals surface area contributed by atoms with Crippen LogP contribution in [0.5, 0.6) is 0 Å². The first-order valence-electron chi connectivity index (χ1n) is 7.83. The number of carbonyl (C=O) groups is 1. The van der Waals surface area contributed by atoms with E-state index in [4.69, 9.17) is 4.74 Å². The van der Waals surface area contributed by atoms with Gasteiger partial charge in [-0.1, -0.05) is 12.1 Å². The van der Waals surface area contributed by atoms with Gasteiger partial charge in [-0.15, -0.1) is 0 Å². The second-order valence-electron chi connectivity index (χ2n) is 6.35. The zero-order valence-corrected chi connectivity index (χ0v) is 12.9. The summed E-state index contributed by atoms with van der Waals surface area (Å²) in [5, 5.41) is 12.2. The maximum atomic E-state index is 12.6. The molecule has 24 heavy (non-hydrogen) atoms. The summed E-state index contributed by atoms with van der Waals surface area (Å²) >= 11 is 0. The fourth-order valence-corrected chi connectivity index (χ4v) is 3.06. The highest BCUT2D eigenvalue weighted by Gasteiger charge is 2.46. The molecule has 2 atom stereocenters. The number of nitrogens with one attached hydrogen (secondary N) is 1. The van der Waals surface area contributed by atoms with Crippen LogP contribution in [0, 0.1) is 16.7 Å². The molecule has 0 unspecified atom stereocenters. The van der Waals surface area contributed by atoms with Crippen molar-refractivity contribution in [2.45, 2.75) is 37.4 Å². The SMILES string of the molecule is N#CC1(C(=O)N[C@@H]2C[C@H]2c2ccc(C(F)(F)F)cc2)CCOCC1. The van der Waals surface area contributed by atoms with Crippen LogP contribution in [0.2, 0.25) is 0 Å². The van der Waals surface area contributed by atoms with E-state index in [-0.39, 0.29) is 17.9 Å². The summed E-state index contributed by atoms with van der Waals surface area (Å²) in [6.07, 6.45) is -2.94. The van der Waals surface area contributed by atoms with Gasteiger partial charge in [0.15, 0.2) is 0 Å². The number of halogens is 3. The molecular formula is C17H17F3N2O2. The van der Waals surface area contributed by atoms with Crippen molar-refractivity contribution in [3.05, 3.63) is 35.4 Å². The van der Waals surface area contributed by atoms with Gasteiger partial charge in [0.1, 0.15) is 5.41 Å². The fourth-order valence-electron chi connectivity index (χ4n) is 3.06. The Morgan fingerprint density at radius 3 is 2.42 bits per heavy atom. The first kappa shape index (κ1) is 16.8. The minimum Gasteiger partial charge on any atom is -0.381 e. The third-order valence-corrected chi connectivity index (χ3v) is 4.77. The summed E-state index contributed by atoms with van der Waals surface area (Å²) in [7, 11) is 0. The smallest absolute Gasteiger partial charge is 0.381 e. The maximum Gasteiger partial charge on any atom is 0.416 e. The molecule has 1 aliphatic heterocycles. The average molecular weight is 338 g/mol. The van der Waals surface area contributed by atoms with Crippen LogP contribution >= 0.6 is 0 Å². The molecule has 1 heterocycles. The van der Waals surface area contributed by atoms with Crippen molar-refractivity contribution in [1.82, 2.24) is 5.32 Å². The van der Waals surface area contributed by atoms with E-state index in [9.17, 15) is 23.2 Å². The lowest BCUT2D eigenvalue weighted by Gasteiger charge is -2.29. The van der Waals surface area contributed by atoms with Gasteiger partial charge in [0.25, 0.3) is 0 Å². The summed E-state index contributed by atoms with van der Waals surface area (Å²) < 4.78 is 42.9. The van der Waals surface area contributed by atoms with Gasteiger partial charge in [0.05, 0.1) is 11.6 Å². The lowest BCUT2D eigenvalue weighted by atomic mass is 9.81.